The van der Waals surface area contributed by atoms with E-state index in [1.54, 1.807) is 6.92 Å². The highest BCUT2D eigenvalue weighted by Gasteiger charge is 2.49. The van der Waals surface area contributed by atoms with Crippen LogP contribution in [0.4, 0.5) is 4.79 Å². The monoisotopic (exact) mass is 417 g/mol. The fourth-order valence-electron chi connectivity index (χ4n) is 3.45. The second-order valence-electron chi connectivity index (χ2n) is 8.50. The lowest BCUT2D eigenvalue weighted by atomic mass is 9.90. The second-order valence-corrected chi connectivity index (χ2v) is 8.50. The summed E-state index contributed by atoms with van der Waals surface area (Å²) >= 11 is 0. The van der Waals surface area contributed by atoms with Gasteiger partial charge in [-0.2, -0.15) is 0 Å². The number of carbonyl (C=O) groups excluding carboxylic acids is 4. The first-order valence-electron chi connectivity index (χ1n) is 10.1. The number of ether oxygens (including phenoxy) is 1. The number of esters is 1. The third-order valence-corrected chi connectivity index (χ3v) is 5.26. The van der Waals surface area contributed by atoms with Crippen molar-refractivity contribution in [3.8, 4) is 0 Å². The number of benzene rings is 1. The molecule has 1 fully saturated rings. The molecule has 1 aliphatic heterocycles. The molecule has 2 N–H and O–H groups in total. The Morgan fingerprint density at radius 2 is 1.73 bits per heavy atom. The lowest BCUT2D eigenvalue weighted by molar-refractivity contribution is -0.145. The van der Waals surface area contributed by atoms with Crippen LogP contribution in [-0.4, -0.2) is 48.4 Å². The topological polar surface area (TPSA) is 105 Å². The minimum Gasteiger partial charge on any atom is -0.467 e. The van der Waals surface area contributed by atoms with Crippen LogP contribution in [0.3, 0.4) is 0 Å². The highest BCUT2D eigenvalue weighted by atomic mass is 16.5. The van der Waals surface area contributed by atoms with E-state index in [0.29, 0.717) is 17.9 Å². The summed E-state index contributed by atoms with van der Waals surface area (Å²) < 4.78 is 4.73. The van der Waals surface area contributed by atoms with E-state index < -0.39 is 41.9 Å². The zero-order chi connectivity index (χ0) is 22.6. The summed E-state index contributed by atoms with van der Waals surface area (Å²) in [6.07, 6.45) is 0.387. The SMILES string of the molecule is COC(=O)[C@@H](CC(C)C)NC(=O)CN1C(=O)N[C@](C)(c2ccc(C(C)C)cc2)C1=O. The quantitative estimate of drug-likeness (QED) is 0.499. The summed E-state index contributed by atoms with van der Waals surface area (Å²) in [5.41, 5.74) is 0.502. The predicted octanol–water partition coefficient (Wildman–Crippen LogP) is 2.28. The Bertz CT molecular complexity index is 819. The summed E-state index contributed by atoms with van der Waals surface area (Å²) in [4.78, 5) is 50.7. The van der Waals surface area contributed by atoms with Crippen molar-refractivity contribution in [2.24, 2.45) is 5.92 Å². The van der Waals surface area contributed by atoms with Gasteiger partial charge in [0.1, 0.15) is 18.1 Å². The van der Waals surface area contributed by atoms with Crippen LogP contribution in [0.5, 0.6) is 0 Å². The molecule has 0 aliphatic carbocycles. The molecule has 1 aromatic carbocycles. The van der Waals surface area contributed by atoms with Crippen LogP contribution in [-0.2, 0) is 24.7 Å². The summed E-state index contributed by atoms with van der Waals surface area (Å²) in [7, 11) is 1.25. The minimum absolute atomic E-state index is 0.142. The Morgan fingerprint density at radius 1 is 1.13 bits per heavy atom. The van der Waals surface area contributed by atoms with Gasteiger partial charge in [-0.05, 0) is 36.3 Å². The zero-order valence-electron chi connectivity index (χ0n) is 18.4. The van der Waals surface area contributed by atoms with Crippen molar-refractivity contribution in [3.63, 3.8) is 0 Å². The molecule has 4 amide bonds. The molecule has 1 saturated heterocycles. The fraction of sp³-hybridized carbons (Fsp3) is 0.545. The van der Waals surface area contributed by atoms with Crippen LogP contribution in [0.25, 0.3) is 0 Å². The molecule has 0 bridgehead atoms. The van der Waals surface area contributed by atoms with Gasteiger partial charge in [0.25, 0.3) is 5.91 Å². The number of hydrogen-bond donors (Lipinski definition) is 2. The van der Waals surface area contributed by atoms with E-state index in [2.05, 4.69) is 24.5 Å². The number of rotatable bonds is 8. The highest BCUT2D eigenvalue weighted by molar-refractivity contribution is 6.09. The van der Waals surface area contributed by atoms with Crippen molar-refractivity contribution in [1.29, 1.82) is 0 Å². The van der Waals surface area contributed by atoms with E-state index in [1.165, 1.54) is 7.11 Å². The van der Waals surface area contributed by atoms with E-state index in [1.807, 2.05) is 38.1 Å². The summed E-state index contributed by atoms with van der Waals surface area (Å²) in [5.74, 6) is -1.20. The van der Waals surface area contributed by atoms with Crippen molar-refractivity contribution in [3.05, 3.63) is 35.4 Å². The van der Waals surface area contributed by atoms with Gasteiger partial charge in [-0.1, -0.05) is 52.0 Å². The van der Waals surface area contributed by atoms with Crippen LogP contribution in [0.2, 0.25) is 0 Å². The largest absolute Gasteiger partial charge is 0.467 e. The third-order valence-electron chi connectivity index (χ3n) is 5.26. The molecule has 0 aromatic heterocycles. The zero-order valence-corrected chi connectivity index (χ0v) is 18.4. The lowest BCUT2D eigenvalue weighted by Crippen LogP contribution is -2.48. The van der Waals surface area contributed by atoms with Gasteiger partial charge in [0.15, 0.2) is 0 Å². The first kappa shape index (κ1) is 23.4. The Kier molecular flexibility index (Phi) is 7.23. The average molecular weight is 418 g/mol. The molecule has 8 nitrogen and oxygen atoms in total. The van der Waals surface area contributed by atoms with E-state index >= 15 is 0 Å². The Morgan fingerprint density at radius 3 is 2.23 bits per heavy atom. The average Bonchev–Trinajstić information content (AvgIpc) is 2.90. The molecule has 0 saturated carbocycles. The number of hydrogen-bond acceptors (Lipinski definition) is 5. The molecule has 2 atom stereocenters. The van der Waals surface area contributed by atoms with Gasteiger partial charge in [-0.25, -0.2) is 9.59 Å². The number of amides is 4. The van der Waals surface area contributed by atoms with E-state index in [-0.39, 0.29) is 5.92 Å². The molecule has 1 heterocycles. The van der Waals surface area contributed by atoms with Crippen molar-refractivity contribution in [2.45, 2.75) is 58.5 Å². The molecular weight excluding hydrogens is 386 g/mol. The lowest BCUT2D eigenvalue weighted by Gasteiger charge is -2.23. The van der Waals surface area contributed by atoms with Gasteiger partial charge in [-0.3, -0.25) is 14.5 Å². The standard InChI is InChI=1S/C22H31N3O5/c1-13(2)11-17(19(27)30-6)23-18(26)12-25-20(28)22(5,24-21(25)29)16-9-7-15(8-10-16)14(3)4/h7-10,13-14,17H,11-12H2,1-6H3,(H,23,26)(H,24,29)/t17-,22-/m1/s1. The molecule has 0 spiro atoms. The van der Waals surface area contributed by atoms with Gasteiger partial charge in [-0.15, -0.1) is 0 Å². The van der Waals surface area contributed by atoms with E-state index in [0.717, 1.165) is 10.5 Å². The first-order valence-corrected chi connectivity index (χ1v) is 10.1. The number of imide groups is 1. The summed E-state index contributed by atoms with van der Waals surface area (Å²) in [5, 5.41) is 5.25. The van der Waals surface area contributed by atoms with Crippen molar-refractivity contribution in [1.82, 2.24) is 15.5 Å². The maximum atomic E-state index is 13.0. The van der Waals surface area contributed by atoms with Crippen LogP contribution < -0.4 is 10.6 Å². The minimum atomic E-state index is -1.26. The van der Waals surface area contributed by atoms with Crippen molar-refractivity contribution < 1.29 is 23.9 Å². The molecule has 30 heavy (non-hydrogen) atoms. The van der Waals surface area contributed by atoms with Gasteiger partial charge >= 0.3 is 12.0 Å². The van der Waals surface area contributed by atoms with E-state index in [9.17, 15) is 19.2 Å². The molecule has 0 unspecified atom stereocenters. The Balaban J connectivity index is 2.13. The number of nitrogens with zero attached hydrogens (tertiary/aromatic N) is 1. The normalized spacial score (nSPS) is 19.8. The molecule has 164 valence electrons. The maximum Gasteiger partial charge on any atom is 0.328 e. The number of methoxy groups -OCH3 is 1. The van der Waals surface area contributed by atoms with E-state index in [4.69, 9.17) is 4.74 Å². The van der Waals surface area contributed by atoms with Gasteiger partial charge in [0.05, 0.1) is 7.11 Å². The van der Waals surface area contributed by atoms with Crippen LogP contribution in [0.1, 0.15) is 58.1 Å². The highest BCUT2D eigenvalue weighted by Crippen LogP contribution is 2.29. The maximum absolute atomic E-state index is 13.0. The number of urea groups is 1. The number of carbonyl (C=O) groups is 4. The Labute approximate surface area is 177 Å². The summed E-state index contributed by atoms with van der Waals surface area (Å²) in [6, 6.07) is 5.99. The smallest absolute Gasteiger partial charge is 0.328 e. The summed E-state index contributed by atoms with van der Waals surface area (Å²) in [6.45, 7) is 9.10. The van der Waals surface area contributed by atoms with Crippen LogP contribution >= 0.6 is 0 Å². The van der Waals surface area contributed by atoms with Crippen molar-refractivity contribution in [2.75, 3.05) is 13.7 Å². The molecular formula is C22H31N3O5. The van der Waals surface area contributed by atoms with Gasteiger partial charge in [0, 0.05) is 0 Å². The van der Waals surface area contributed by atoms with Crippen LogP contribution in [0.15, 0.2) is 24.3 Å². The molecule has 1 aromatic rings. The van der Waals surface area contributed by atoms with Crippen LogP contribution in [0, 0.1) is 5.92 Å². The first-order chi connectivity index (χ1) is 14.0. The van der Waals surface area contributed by atoms with Gasteiger partial charge < -0.3 is 15.4 Å². The fourth-order valence-corrected chi connectivity index (χ4v) is 3.45. The van der Waals surface area contributed by atoms with Crippen molar-refractivity contribution >= 4 is 23.8 Å². The number of nitrogens with one attached hydrogen (secondary N) is 2. The molecule has 1 aliphatic rings. The third kappa shape index (κ3) is 4.98. The molecule has 0 radical (unpaired) electrons. The molecule has 2 rings (SSSR count). The molecule has 8 heteroatoms. The van der Waals surface area contributed by atoms with Gasteiger partial charge in [0.2, 0.25) is 5.91 Å². The second kappa shape index (κ2) is 9.28. The Hall–Kier alpha value is -2.90. The predicted molar refractivity (Wildman–Crippen MR) is 112 cm³/mol.